The normalized spacial score (nSPS) is 10.7. The molecular weight excluding hydrogens is 404 g/mol. The molecule has 0 aliphatic heterocycles. The molecule has 3 rings (SSSR count). The Morgan fingerprint density at radius 3 is 2.03 bits per heavy atom. The van der Waals surface area contributed by atoms with Crippen LogP contribution in [0.1, 0.15) is 27.7 Å². The second kappa shape index (κ2) is 10.4. The highest BCUT2D eigenvalue weighted by Crippen LogP contribution is 2.39. The van der Waals surface area contributed by atoms with E-state index in [0.29, 0.717) is 11.1 Å². The van der Waals surface area contributed by atoms with E-state index in [2.05, 4.69) is 92.9 Å². The molecule has 3 aromatic carbocycles. The molecule has 0 bridgehead atoms. The third-order valence-electron chi connectivity index (χ3n) is 4.95. The summed E-state index contributed by atoms with van der Waals surface area (Å²) in [6.07, 6.45) is 2.17. The van der Waals surface area contributed by atoms with Gasteiger partial charge in [-0.15, -0.1) is 0 Å². The van der Waals surface area contributed by atoms with Crippen LogP contribution in [0.5, 0.6) is 5.75 Å². The highest BCUT2D eigenvalue weighted by molar-refractivity contribution is 6.33. The summed E-state index contributed by atoms with van der Waals surface area (Å²) >= 11 is 6.71. The van der Waals surface area contributed by atoms with Crippen LogP contribution in [0.3, 0.4) is 0 Å². The number of hydrogen-bond donors (Lipinski definition) is 2. The van der Waals surface area contributed by atoms with Gasteiger partial charge in [0.25, 0.3) is 0 Å². The Hall–Kier alpha value is -2.91. The first kappa shape index (κ1) is 22.8. The lowest BCUT2D eigenvalue weighted by Gasteiger charge is -2.15. The third-order valence-corrected chi connectivity index (χ3v) is 5.27. The summed E-state index contributed by atoms with van der Waals surface area (Å²) in [5.41, 5.74) is 7.53. The Morgan fingerprint density at radius 2 is 1.48 bits per heavy atom. The second-order valence-electron chi connectivity index (χ2n) is 8.15. The number of hydrogen-bond acceptors (Lipinski definition) is 3. The highest BCUT2D eigenvalue weighted by atomic mass is 35.5. The van der Waals surface area contributed by atoms with Gasteiger partial charge in [0.15, 0.2) is 0 Å². The zero-order valence-electron chi connectivity index (χ0n) is 18.9. The zero-order chi connectivity index (χ0) is 22.4. The minimum atomic E-state index is 0.391. The average molecular weight is 435 g/mol. The van der Waals surface area contributed by atoms with Crippen LogP contribution in [-0.2, 0) is 0 Å². The van der Waals surface area contributed by atoms with Gasteiger partial charge in [0.2, 0.25) is 0 Å². The fourth-order valence-corrected chi connectivity index (χ4v) is 3.66. The summed E-state index contributed by atoms with van der Waals surface area (Å²) in [4.78, 5) is 0. The monoisotopic (exact) mass is 434 g/mol. The first-order valence-electron chi connectivity index (χ1n) is 10.6. The zero-order valence-corrected chi connectivity index (χ0v) is 19.7. The Kier molecular flexibility index (Phi) is 7.64. The molecule has 0 fully saturated rings. The van der Waals surface area contributed by atoms with Gasteiger partial charge in [0.05, 0.1) is 7.11 Å². The number of rotatable bonds is 8. The van der Waals surface area contributed by atoms with Crippen LogP contribution < -0.4 is 15.4 Å². The SMILES string of the molecule is COc1cc(-c2ccc(NC(C)C)cc2)c(Cl)cc1-c1ccc(NCC=C(C)C)cc1. The summed E-state index contributed by atoms with van der Waals surface area (Å²) < 4.78 is 5.72. The molecule has 2 N–H and O–H groups in total. The molecule has 31 heavy (non-hydrogen) atoms. The lowest BCUT2D eigenvalue weighted by atomic mass is 9.98. The Balaban J connectivity index is 1.86. The van der Waals surface area contributed by atoms with Gasteiger partial charge in [-0.2, -0.15) is 0 Å². The van der Waals surface area contributed by atoms with Gasteiger partial charge >= 0.3 is 0 Å². The van der Waals surface area contributed by atoms with Crippen molar-refractivity contribution in [3.63, 3.8) is 0 Å². The van der Waals surface area contributed by atoms with E-state index in [9.17, 15) is 0 Å². The van der Waals surface area contributed by atoms with Crippen LogP contribution in [0.25, 0.3) is 22.3 Å². The third kappa shape index (κ3) is 6.05. The summed E-state index contributed by atoms with van der Waals surface area (Å²) in [5.74, 6) is 0.800. The van der Waals surface area contributed by atoms with E-state index in [1.165, 1.54) is 5.57 Å². The molecule has 0 aliphatic carbocycles. The largest absolute Gasteiger partial charge is 0.496 e. The van der Waals surface area contributed by atoms with E-state index in [0.717, 1.165) is 45.9 Å². The number of benzene rings is 3. The first-order valence-corrected chi connectivity index (χ1v) is 11.0. The van der Waals surface area contributed by atoms with Gasteiger partial charge in [-0.25, -0.2) is 0 Å². The van der Waals surface area contributed by atoms with Gasteiger partial charge in [0.1, 0.15) is 5.75 Å². The standard InChI is InChI=1S/C27H31ClN2O/c1-18(2)14-15-29-22-10-6-21(7-11-22)25-16-26(28)24(17-27(25)31-5)20-8-12-23(13-9-20)30-19(3)4/h6-14,16-17,19,29-30H,15H2,1-5H3. The van der Waals surface area contributed by atoms with Gasteiger partial charge in [0, 0.05) is 40.1 Å². The van der Waals surface area contributed by atoms with Gasteiger partial charge in [-0.1, -0.05) is 47.5 Å². The molecule has 3 aromatic rings. The van der Waals surface area contributed by atoms with Crippen molar-refractivity contribution in [2.24, 2.45) is 0 Å². The molecule has 0 spiro atoms. The van der Waals surface area contributed by atoms with Crippen molar-refractivity contribution in [1.82, 2.24) is 0 Å². The Labute approximate surface area is 191 Å². The van der Waals surface area contributed by atoms with E-state index >= 15 is 0 Å². The topological polar surface area (TPSA) is 33.3 Å². The van der Waals surface area contributed by atoms with Crippen molar-refractivity contribution in [3.05, 3.63) is 77.3 Å². The highest BCUT2D eigenvalue weighted by Gasteiger charge is 2.13. The summed E-state index contributed by atoms with van der Waals surface area (Å²) in [5, 5.41) is 7.51. The molecule has 4 heteroatoms. The second-order valence-corrected chi connectivity index (χ2v) is 8.56. The predicted molar refractivity (Wildman–Crippen MR) is 136 cm³/mol. The number of anilines is 2. The van der Waals surface area contributed by atoms with E-state index < -0.39 is 0 Å². The molecule has 0 aromatic heterocycles. The molecule has 162 valence electrons. The smallest absolute Gasteiger partial charge is 0.127 e. The van der Waals surface area contributed by atoms with Gasteiger partial charge in [-0.3, -0.25) is 0 Å². The average Bonchev–Trinajstić information content (AvgIpc) is 2.74. The fraction of sp³-hybridized carbons (Fsp3) is 0.259. The van der Waals surface area contributed by atoms with Crippen molar-refractivity contribution in [3.8, 4) is 28.0 Å². The number of methoxy groups -OCH3 is 1. The van der Waals surface area contributed by atoms with Gasteiger partial charge < -0.3 is 15.4 Å². The summed E-state index contributed by atoms with van der Waals surface area (Å²) in [6, 6.07) is 21.0. The molecule has 0 saturated carbocycles. The molecule has 3 nitrogen and oxygen atoms in total. The number of halogens is 1. The minimum absolute atomic E-state index is 0.391. The summed E-state index contributed by atoms with van der Waals surface area (Å²) in [6.45, 7) is 9.26. The maximum atomic E-state index is 6.71. The maximum absolute atomic E-state index is 6.71. The van der Waals surface area contributed by atoms with Crippen LogP contribution >= 0.6 is 11.6 Å². The van der Waals surface area contributed by atoms with Crippen LogP contribution in [0, 0.1) is 0 Å². The number of allylic oxidation sites excluding steroid dienone is 1. The van der Waals surface area contributed by atoms with Crippen molar-refractivity contribution in [2.45, 2.75) is 33.7 Å². The molecule has 0 unspecified atom stereocenters. The van der Waals surface area contributed by atoms with Gasteiger partial charge in [-0.05, 0) is 75.2 Å². The molecule has 0 heterocycles. The van der Waals surface area contributed by atoms with Crippen molar-refractivity contribution in [1.29, 1.82) is 0 Å². The van der Waals surface area contributed by atoms with Crippen LogP contribution in [0.15, 0.2) is 72.3 Å². The van der Waals surface area contributed by atoms with Crippen LogP contribution in [0.2, 0.25) is 5.02 Å². The number of nitrogens with one attached hydrogen (secondary N) is 2. The Bertz CT molecular complexity index is 1030. The lowest BCUT2D eigenvalue weighted by molar-refractivity contribution is 0.416. The van der Waals surface area contributed by atoms with Crippen molar-refractivity contribution in [2.75, 3.05) is 24.3 Å². The number of ether oxygens (including phenoxy) is 1. The van der Waals surface area contributed by atoms with E-state index in [-0.39, 0.29) is 0 Å². The van der Waals surface area contributed by atoms with E-state index in [4.69, 9.17) is 16.3 Å². The maximum Gasteiger partial charge on any atom is 0.127 e. The van der Waals surface area contributed by atoms with Crippen molar-refractivity contribution >= 4 is 23.0 Å². The summed E-state index contributed by atoms with van der Waals surface area (Å²) in [7, 11) is 1.70. The van der Waals surface area contributed by atoms with Crippen LogP contribution in [-0.4, -0.2) is 19.7 Å². The van der Waals surface area contributed by atoms with Crippen molar-refractivity contribution < 1.29 is 4.74 Å². The van der Waals surface area contributed by atoms with E-state index in [1.807, 2.05) is 12.1 Å². The molecule has 0 radical (unpaired) electrons. The molecule has 0 saturated heterocycles. The van der Waals surface area contributed by atoms with Crippen LogP contribution in [0.4, 0.5) is 11.4 Å². The lowest BCUT2D eigenvalue weighted by Crippen LogP contribution is -2.09. The molecule has 0 atom stereocenters. The Morgan fingerprint density at radius 1 is 0.903 bits per heavy atom. The van der Waals surface area contributed by atoms with E-state index in [1.54, 1.807) is 7.11 Å². The minimum Gasteiger partial charge on any atom is -0.496 e. The fourth-order valence-electron chi connectivity index (χ4n) is 3.39. The first-order chi connectivity index (χ1) is 14.9. The predicted octanol–water partition coefficient (Wildman–Crippen LogP) is 7.88. The molecule has 0 amide bonds. The molecular formula is C27H31ClN2O. The molecule has 0 aliphatic rings. The quantitative estimate of drug-likeness (QED) is 0.353.